The number of rotatable bonds is 7. The van der Waals surface area contributed by atoms with Gasteiger partial charge in [0.05, 0.1) is 12.1 Å². The van der Waals surface area contributed by atoms with E-state index in [-0.39, 0.29) is 18.2 Å². The second-order valence-corrected chi connectivity index (χ2v) is 8.04. The van der Waals surface area contributed by atoms with Crippen molar-refractivity contribution in [2.75, 3.05) is 5.32 Å². The maximum atomic E-state index is 12.7. The van der Waals surface area contributed by atoms with E-state index >= 15 is 0 Å². The highest BCUT2D eigenvalue weighted by atomic mass is 35.5. The molecule has 0 spiro atoms. The van der Waals surface area contributed by atoms with Gasteiger partial charge in [0.1, 0.15) is 24.4 Å². The van der Waals surface area contributed by atoms with Gasteiger partial charge in [-0.1, -0.05) is 46.0 Å². The smallest absolute Gasteiger partial charge is 0.280 e. The van der Waals surface area contributed by atoms with Gasteiger partial charge < -0.3 is 9.26 Å². The molecule has 2 aromatic carbocycles. The number of carbonyl (C=O) groups is 1. The quantitative estimate of drug-likeness (QED) is 0.370. The minimum atomic E-state index is -0.515. The Hall–Kier alpha value is -3.07. The van der Waals surface area contributed by atoms with Crippen LogP contribution in [0.25, 0.3) is 0 Å². The molecule has 11 heteroatoms. The fraction of sp³-hybridized carbons (Fsp3) is 0.143. The predicted octanol–water partition coefficient (Wildman–Crippen LogP) is 5.41. The first kappa shape index (κ1) is 22.1. The Balaban J connectivity index is 1.42. The van der Waals surface area contributed by atoms with Gasteiger partial charge in [-0.3, -0.25) is 10.1 Å². The third kappa shape index (κ3) is 5.21. The molecule has 0 aliphatic heterocycles. The molecule has 2 aromatic heterocycles. The molecule has 0 radical (unpaired) electrons. The van der Waals surface area contributed by atoms with Crippen molar-refractivity contribution in [3.63, 3.8) is 0 Å². The number of benzene rings is 2. The van der Waals surface area contributed by atoms with Crippen molar-refractivity contribution in [1.29, 1.82) is 0 Å². The molecule has 0 saturated heterocycles. The number of ether oxygens (including phenoxy) is 1. The van der Waals surface area contributed by atoms with Gasteiger partial charge in [-0.25, -0.2) is 9.67 Å². The van der Waals surface area contributed by atoms with E-state index in [9.17, 15) is 4.79 Å². The zero-order chi connectivity index (χ0) is 22.7. The summed E-state index contributed by atoms with van der Waals surface area (Å²) in [4.78, 5) is 16.8. The van der Waals surface area contributed by atoms with Gasteiger partial charge in [0.15, 0.2) is 5.69 Å². The van der Waals surface area contributed by atoms with E-state index in [1.807, 2.05) is 0 Å². The van der Waals surface area contributed by atoms with Crippen LogP contribution in [0.1, 0.15) is 27.4 Å². The number of hydrogen-bond donors (Lipinski definition) is 1. The van der Waals surface area contributed by atoms with Gasteiger partial charge in [-0.2, -0.15) is 0 Å². The van der Waals surface area contributed by atoms with Crippen molar-refractivity contribution < 1.29 is 14.1 Å². The van der Waals surface area contributed by atoms with Crippen LogP contribution in [0.3, 0.4) is 0 Å². The number of aromatic nitrogens is 4. The maximum Gasteiger partial charge on any atom is 0.280 e. The van der Waals surface area contributed by atoms with Gasteiger partial charge in [-0.15, -0.1) is 5.10 Å². The summed E-state index contributed by atoms with van der Waals surface area (Å²) in [6.07, 6.45) is 1.49. The molecule has 1 amide bonds. The first-order valence-electron chi connectivity index (χ1n) is 9.37. The molecule has 1 N–H and O–H groups in total. The number of nitrogens with one attached hydrogen (secondary N) is 1. The van der Waals surface area contributed by atoms with Crippen LogP contribution < -0.4 is 10.1 Å². The normalized spacial score (nSPS) is 10.9. The van der Waals surface area contributed by atoms with Crippen LogP contribution in [0.15, 0.2) is 53.3 Å². The standard InChI is InChI=1S/C21H16Cl3N5O3/c1-12-17(10-31-16-6-4-14(22)5-7-16)19(28-32-12)20(30)26-21-25-11-29(27-21)9-13-2-3-15(23)8-18(13)24/h2-8,11H,9-10H2,1H3,(H,26,27,30). The Bertz CT molecular complexity index is 1250. The first-order chi connectivity index (χ1) is 15.4. The molecule has 32 heavy (non-hydrogen) atoms. The minimum Gasteiger partial charge on any atom is -0.489 e. The average molecular weight is 493 g/mol. The van der Waals surface area contributed by atoms with E-state index < -0.39 is 5.91 Å². The molecule has 164 valence electrons. The topological polar surface area (TPSA) is 95.1 Å². The monoisotopic (exact) mass is 491 g/mol. The highest BCUT2D eigenvalue weighted by molar-refractivity contribution is 6.35. The van der Waals surface area contributed by atoms with Gasteiger partial charge in [0.2, 0.25) is 5.95 Å². The minimum absolute atomic E-state index is 0.0913. The van der Waals surface area contributed by atoms with Gasteiger partial charge in [0, 0.05) is 15.1 Å². The van der Waals surface area contributed by atoms with E-state index in [0.717, 1.165) is 5.56 Å². The Morgan fingerprint density at radius 3 is 2.62 bits per heavy atom. The van der Waals surface area contributed by atoms with Gasteiger partial charge in [0.25, 0.3) is 5.91 Å². The van der Waals surface area contributed by atoms with Gasteiger partial charge >= 0.3 is 0 Å². The lowest BCUT2D eigenvalue weighted by Crippen LogP contribution is -2.16. The van der Waals surface area contributed by atoms with E-state index in [2.05, 4.69) is 20.6 Å². The molecule has 0 fully saturated rings. The number of aryl methyl sites for hydroxylation is 1. The summed E-state index contributed by atoms with van der Waals surface area (Å²) in [5.41, 5.74) is 1.42. The fourth-order valence-corrected chi connectivity index (χ4v) is 3.43. The molecule has 0 bridgehead atoms. The largest absolute Gasteiger partial charge is 0.489 e. The summed E-state index contributed by atoms with van der Waals surface area (Å²) < 4.78 is 12.5. The highest BCUT2D eigenvalue weighted by Gasteiger charge is 2.21. The molecule has 0 unspecified atom stereocenters. The van der Waals surface area contributed by atoms with Crippen LogP contribution >= 0.6 is 34.8 Å². The van der Waals surface area contributed by atoms with Crippen molar-refractivity contribution >= 4 is 46.7 Å². The molecule has 0 aliphatic rings. The highest BCUT2D eigenvalue weighted by Crippen LogP contribution is 2.22. The summed E-state index contributed by atoms with van der Waals surface area (Å²) in [7, 11) is 0. The lowest BCUT2D eigenvalue weighted by atomic mass is 10.2. The number of anilines is 1. The molecule has 4 aromatic rings. The Morgan fingerprint density at radius 2 is 1.88 bits per heavy atom. The number of carbonyl (C=O) groups excluding carboxylic acids is 1. The third-order valence-electron chi connectivity index (χ3n) is 4.51. The second kappa shape index (κ2) is 9.60. The lowest BCUT2D eigenvalue weighted by molar-refractivity contribution is 0.101. The van der Waals surface area contributed by atoms with Crippen molar-refractivity contribution in [2.45, 2.75) is 20.1 Å². The Kier molecular flexibility index (Phi) is 6.64. The molecule has 4 rings (SSSR count). The molecule has 2 heterocycles. The summed E-state index contributed by atoms with van der Waals surface area (Å²) in [6.45, 7) is 2.16. The van der Waals surface area contributed by atoms with Crippen LogP contribution in [0, 0.1) is 6.92 Å². The van der Waals surface area contributed by atoms with E-state index in [0.29, 0.717) is 38.7 Å². The average Bonchev–Trinajstić information content (AvgIpc) is 3.36. The summed E-state index contributed by atoms with van der Waals surface area (Å²) in [6, 6.07) is 12.1. The molecule has 0 atom stereocenters. The molecule has 0 saturated carbocycles. The molecular weight excluding hydrogens is 477 g/mol. The van der Waals surface area contributed by atoms with Crippen molar-refractivity contribution in [3.05, 3.63) is 86.4 Å². The molecule has 0 aliphatic carbocycles. The van der Waals surface area contributed by atoms with Crippen LogP contribution in [0.5, 0.6) is 5.75 Å². The predicted molar refractivity (Wildman–Crippen MR) is 121 cm³/mol. The maximum absolute atomic E-state index is 12.7. The van der Waals surface area contributed by atoms with Crippen LogP contribution in [0.2, 0.25) is 15.1 Å². The second-order valence-electron chi connectivity index (χ2n) is 6.76. The number of nitrogens with zero attached hydrogens (tertiary/aromatic N) is 4. The van der Waals surface area contributed by atoms with Crippen molar-refractivity contribution in [2.24, 2.45) is 0 Å². The van der Waals surface area contributed by atoms with Crippen molar-refractivity contribution in [1.82, 2.24) is 19.9 Å². The molecular formula is C21H16Cl3N5O3. The third-order valence-corrected chi connectivity index (χ3v) is 5.34. The SMILES string of the molecule is Cc1onc(C(=O)Nc2ncn(Cc3ccc(Cl)cc3Cl)n2)c1COc1ccc(Cl)cc1. The zero-order valence-corrected chi connectivity index (χ0v) is 18.9. The fourth-order valence-electron chi connectivity index (χ4n) is 2.84. The summed E-state index contributed by atoms with van der Waals surface area (Å²) >= 11 is 18.0. The van der Waals surface area contributed by atoms with Gasteiger partial charge in [-0.05, 0) is 48.9 Å². The number of amides is 1. The first-order valence-corrected chi connectivity index (χ1v) is 10.5. The Morgan fingerprint density at radius 1 is 1.12 bits per heavy atom. The van der Waals surface area contributed by atoms with Crippen LogP contribution in [0.4, 0.5) is 5.95 Å². The van der Waals surface area contributed by atoms with Crippen molar-refractivity contribution in [3.8, 4) is 5.75 Å². The zero-order valence-electron chi connectivity index (χ0n) is 16.7. The number of halogens is 3. The Labute approximate surface area is 198 Å². The summed E-state index contributed by atoms with van der Waals surface area (Å²) in [5, 5.41) is 12.4. The molecule has 8 nitrogen and oxygen atoms in total. The van der Waals surface area contributed by atoms with E-state index in [1.165, 1.54) is 6.33 Å². The lowest BCUT2D eigenvalue weighted by Gasteiger charge is -2.06. The number of hydrogen-bond acceptors (Lipinski definition) is 6. The summed E-state index contributed by atoms with van der Waals surface area (Å²) in [5.74, 6) is 0.673. The van der Waals surface area contributed by atoms with E-state index in [4.69, 9.17) is 44.1 Å². The van der Waals surface area contributed by atoms with E-state index in [1.54, 1.807) is 54.1 Å². The van der Waals surface area contributed by atoms with Crippen LogP contribution in [-0.2, 0) is 13.2 Å². The van der Waals surface area contributed by atoms with Crippen LogP contribution in [-0.4, -0.2) is 25.8 Å².